The van der Waals surface area contributed by atoms with Crippen molar-refractivity contribution in [1.82, 2.24) is 20.5 Å². The van der Waals surface area contributed by atoms with E-state index in [1.54, 1.807) is 0 Å². The van der Waals surface area contributed by atoms with E-state index in [9.17, 15) is 4.79 Å². The minimum absolute atomic E-state index is 0.132. The van der Waals surface area contributed by atoms with Crippen molar-refractivity contribution in [2.24, 2.45) is 5.92 Å². The summed E-state index contributed by atoms with van der Waals surface area (Å²) in [6, 6.07) is 4.06. The van der Waals surface area contributed by atoms with E-state index < -0.39 is 0 Å². The van der Waals surface area contributed by atoms with Crippen LogP contribution < -0.4 is 15.5 Å². The number of nitrogens with one attached hydrogen (secondary N) is 2. The van der Waals surface area contributed by atoms with Crippen LogP contribution in [0.25, 0.3) is 0 Å². The highest BCUT2D eigenvalue weighted by Crippen LogP contribution is 2.18. The van der Waals surface area contributed by atoms with Crippen LogP contribution in [0.4, 0.5) is 10.6 Å². The number of carbonyl (C=O) groups is 1. The number of ether oxygens (including phenoxy) is 1. The summed E-state index contributed by atoms with van der Waals surface area (Å²) in [5.41, 5.74) is 0.987. The summed E-state index contributed by atoms with van der Waals surface area (Å²) >= 11 is 0. The Morgan fingerprint density at radius 2 is 1.96 bits per heavy atom. The molecule has 1 aromatic rings. The van der Waals surface area contributed by atoms with Gasteiger partial charge in [0.1, 0.15) is 5.82 Å². The minimum atomic E-state index is -0.132. The van der Waals surface area contributed by atoms with Gasteiger partial charge in [-0.3, -0.25) is 0 Å². The molecule has 0 radical (unpaired) electrons. The molecule has 2 rings (SSSR count). The van der Waals surface area contributed by atoms with Crippen molar-refractivity contribution in [3.05, 3.63) is 23.9 Å². The summed E-state index contributed by atoms with van der Waals surface area (Å²) in [6.45, 7) is 11.5. The monoisotopic (exact) mass is 391 g/mol. The van der Waals surface area contributed by atoms with E-state index in [0.29, 0.717) is 12.5 Å². The summed E-state index contributed by atoms with van der Waals surface area (Å²) in [7, 11) is 4.05. The van der Waals surface area contributed by atoms with Crippen LogP contribution >= 0.6 is 0 Å². The number of nitrogens with zero attached hydrogens (tertiary/aromatic N) is 3. The zero-order valence-corrected chi connectivity index (χ0v) is 18.2. The van der Waals surface area contributed by atoms with E-state index in [0.717, 1.165) is 37.4 Å². The molecule has 0 spiro atoms. The fraction of sp³-hybridized carbons (Fsp3) is 0.714. The van der Waals surface area contributed by atoms with Gasteiger partial charge < -0.3 is 25.2 Å². The van der Waals surface area contributed by atoms with E-state index in [1.165, 1.54) is 0 Å². The SMILES string of the molecule is CC(C)CC(CN(C)C)NC(=O)NCc1ccc(N2CC(C)OC(C)C2)nc1. The van der Waals surface area contributed by atoms with Crippen LogP contribution in [0.2, 0.25) is 0 Å². The van der Waals surface area contributed by atoms with Crippen molar-refractivity contribution >= 4 is 11.8 Å². The number of likely N-dealkylation sites (N-methyl/N-ethyl adjacent to an activating group) is 1. The highest BCUT2D eigenvalue weighted by Gasteiger charge is 2.23. The smallest absolute Gasteiger partial charge is 0.315 e. The Hall–Kier alpha value is -1.86. The van der Waals surface area contributed by atoms with Gasteiger partial charge in [-0.05, 0) is 51.9 Å². The zero-order valence-electron chi connectivity index (χ0n) is 18.2. The molecular weight excluding hydrogens is 354 g/mol. The lowest BCUT2D eigenvalue weighted by molar-refractivity contribution is -0.00546. The number of hydrogen-bond donors (Lipinski definition) is 2. The molecule has 0 saturated carbocycles. The van der Waals surface area contributed by atoms with Crippen LogP contribution in [0.3, 0.4) is 0 Å². The number of rotatable bonds is 8. The van der Waals surface area contributed by atoms with Gasteiger partial charge in [0, 0.05) is 38.4 Å². The Labute approximate surface area is 169 Å². The molecule has 7 nitrogen and oxygen atoms in total. The number of pyridine rings is 1. The van der Waals surface area contributed by atoms with Crippen LogP contribution in [0.5, 0.6) is 0 Å². The molecule has 7 heteroatoms. The van der Waals surface area contributed by atoms with Crippen LogP contribution in [-0.2, 0) is 11.3 Å². The third-order valence-electron chi connectivity index (χ3n) is 4.68. The van der Waals surface area contributed by atoms with Crippen LogP contribution in [0.15, 0.2) is 18.3 Å². The predicted molar refractivity (Wildman–Crippen MR) is 114 cm³/mol. The van der Waals surface area contributed by atoms with Crippen LogP contribution in [0, 0.1) is 5.92 Å². The molecule has 0 bridgehead atoms. The van der Waals surface area contributed by atoms with Crippen LogP contribution in [-0.4, -0.2) is 67.9 Å². The zero-order chi connectivity index (χ0) is 20.7. The van der Waals surface area contributed by atoms with E-state index in [-0.39, 0.29) is 24.3 Å². The molecule has 1 saturated heterocycles. The summed E-state index contributed by atoms with van der Waals surface area (Å²) in [5, 5.41) is 6.04. The molecule has 1 fully saturated rings. The highest BCUT2D eigenvalue weighted by atomic mass is 16.5. The van der Waals surface area contributed by atoms with Gasteiger partial charge in [0.2, 0.25) is 0 Å². The van der Waals surface area contributed by atoms with Crippen molar-refractivity contribution in [2.45, 2.75) is 58.9 Å². The van der Waals surface area contributed by atoms with Gasteiger partial charge >= 0.3 is 6.03 Å². The first-order valence-corrected chi connectivity index (χ1v) is 10.3. The highest BCUT2D eigenvalue weighted by molar-refractivity contribution is 5.74. The lowest BCUT2D eigenvalue weighted by Crippen LogP contribution is -2.46. The van der Waals surface area contributed by atoms with Crippen LogP contribution in [0.1, 0.15) is 39.7 Å². The molecule has 28 heavy (non-hydrogen) atoms. The Bertz CT molecular complexity index is 585. The number of morpholine rings is 1. The summed E-state index contributed by atoms with van der Waals surface area (Å²) in [4.78, 5) is 21.2. The van der Waals surface area contributed by atoms with E-state index >= 15 is 0 Å². The number of hydrogen-bond acceptors (Lipinski definition) is 5. The third kappa shape index (κ3) is 7.64. The van der Waals surface area contributed by atoms with Gasteiger partial charge in [0.25, 0.3) is 0 Å². The number of carbonyl (C=O) groups excluding carboxylic acids is 1. The molecule has 2 amide bonds. The van der Waals surface area contributed by atoms with Crippen molar-refractivity contribution in [1.29, 1.82) is 0 Å². The molecular formula is C21H37N5O2. The van der Waals surface area contributed by atoms with Gasteiger partial charge in [-0.25, -0.2) is 9.78 Å². The maximum Gasteiger partial charge on any atom is 0.315 e. The van der Waals surface area contributed by atoms with Gasteiger partial charge in [-0.1, -0.05) is 19.9 Å². The third-order valence-corrected chi connectivity index (χ3v) is 4.68. The van der Waals surface area contributed by atoms with E-state index in [1.807, 2.05) is 32.4 Å². The summed E-state index contributed by atoms with van der Waals surface area (Å²) < 4.78 is 5.78. The molecule has 2 N–H and O–H groups in total. The molecule has 1 aliphatic rings. The molecule has 2 heterocycles. The number of amides is 2. The fourth-order valence-electron chi connectivity index (χ4n) is 3.68. The fourth-order valence-corrected chi connectivity index (χ4v) is 3.68. The lowest BCUT2D eigenvalue weighted by Gasteiger charge is -2.36. The Morgan fingerprint density at radius 3 is 2.50 bits per heavy atom. The number of aromatic nitrogens is 1. The maximum atomic E-state index is 12.3. The molecule has 0 aliphatic carbocycles. The predicted octanol–water partition coefficient (Wildman–Crippen LogP) is 2.47. The maximum absolute atomic E-state index is 12.3. The molecule has 0 aromatic carbocycles. The first-order valence-electron chi connectivity index (χ1n) is 10.3. The number of anilines is 1. The second-order valence-electron chi connectivity index (χ2n) is 8.60. The van der Waals surface area contributed by atoms with Crippen molar-refractivity contribution in [3.8, 4) is 0 Å². The normalized spacial score (nSPS) is 21.1. The van der Waals surface area contributed by atoms with Crippen molar-refractivity contribution < 1.29 is 9.53 Å². The van der Waals surface area contributed by atoms with Crippen molar-refractivity contribution in [2.75, 3.05) is 38.6 Å². The molecule has 3 unspecified atom stereocenters. The van der Waals surface area contributed by atoms with Crippen molar-refractivity contribution in [3.63, 3.8) is 0 Å². The second-order valence-corrected chi connectivity index (χ2v) is 8.60. The summed E-state index contributed by atoms with van der Waals surface area (Å²) in [6.07, 6.45) is 3.21. The number of urea groups is 1. The topological polar surface area (TPSA) is 69.7 Å². The molecule has 3 atom stereocenters. The Morgan fingerprint density at radius 1 is 1.29 bits per heavy atom. The first-order chi connectivity index (χ1) is 13.2. The van der Waals surface area contributed by atoms with Gasteiger partial charge in [-0.2, -0.15) is 0 Å². The standard InChI is InChI=1S/C21H37N5O2/c1-15(2)9-19(14-25(5)6)24-21(27)23-11-18-7-8-20(22-10-18)26-12-16(3)28-17(4)13-26/h7-8,10,15-17,19H,9,11-14H2,1-6H3,(H2,23,24,27). The minimum Gasteiger partial charge on any atom is -0.372 e. The average molecular weight is 392 g/mol. The molecule has 1 aliphatic heterocycles. The quantitative estimate of drug-likeness (QED) is 0.712. The van der Waals surface area contributed by atoms with E-state index in [4.69, 9.17) is 4.74 Å². The lowest BCUT2D eigenvalue weighted by atomic mass is 10.0. The van der Waals surface area contributed by atoms with Gasteiger partial charge in [0.15, 0.2) is 0 Å². The Balaban J connectivity index is 1.84. The van der Waals surface area contributed by atoms with Gasteiger partial charge in [-0.15, -0.1) is 0 Å². The largest absolute Gasteiger partial charge is 0.372 e. The molecule has 158 valence electrons. The van der Waals surface area contributed by atoms with Gasteiger partial charge in [0.05, 0.1) is 12.2 Å². The second kappa shape index (κ2) is 10.6. The van der Waals surface area contributed by atoms with E-state index in [2.05, 4.69) is 53.1 Å². The average Bonchev–Trinajstić information content (AvgIpc) is 2.58. The first kappa shape index (κ1) is 22.4. The summed E-state index contributed by atoms with van der Waals surface area (Å²) in [5.74, 6) is 1.49. The Kier molecular flexibility index (Phi) is 8.51. The molecule has 1 aromatic heterocycles.